The third kappa shape index (κ3) is 5.24. The summed E-state index contributed by atoms with van der Waals surface area (Å²) >= 11 is 0. The summed E-state index contributed by atoms with van der Waals surface area (Å²) in [7, 11) is 1.98. The first kappa shape index (κ1) is 23.0. The van der Waals surface area contributed by atoms with Gasteiger partial charge in [0.05, 0.1) is 18.4 Å². The van der Waals surface area contributed by atoms with Crippen molar-refractivity contribution in [3.8, 4) is 0 Å². The lowest BCUT2D eigenvalue weighted by atomic mass is 9.97. The van der Waals surface area contributed by atoms with Gasteiger partial charge in [0.25, 0.3) is 0 Å². The van der Waals surface area contributed by atoms with E-state index < -0.39 is 12.2 Å². The first-order chi connectivity index (χ1) is 15.9. The maximum atomic E-state index is 12.0. The lowest BCUT2D eigenvalue weighted by Gasteiger charge is -2.23. The number of aliphatic hydroxyl groups is 2. The molecule has 0 aliphatic heterocycles. The summed E-state index contributed by atoms with van der Waals surface area (Å²) in [5.41, 5.74) is 8.11. The van der Waals surface area contributed by atoms with Crippen LogP contribution < -0.4 is 16.4 Å². The number of urea groups is 1. The quantitative estimate of drug-likeness (QED) is 0.324. The van der Waals surface area contributed by atoms with Gasteiger partial charge < -0.3 is 31.5 Å². The fourth-order valence-electron chi connectivity index (χ4n) is 4.54. The summed E-state index contributed by atoms with van der Waals surface area (Å²) in [5.74, 6) is 0.135. The number of aliphatic hydroxyl groups excluding tert-OH is 2. The molecule has 1 fully saturated rings. The Labute approximate surface area is 192 Å². The highest BCUT2D eigenvalue weighted by atomic mass is 16.3. The maximum absolute atomic E-state index is 12.0. The molecule has 1 aliphatic rings. The van der Waals surface area contributed by atoms with E-state index in [1.807, 2.05) is 37.4 Å². The van der Waals surface area contributed by atoms with Crippen molar-refractivity contribution in [3.63, 3.8) is 0 Å². The molecule has 3 aromatic rings. The molecular weight excluding hydrogens is 422 g/mol. The summed E-state index contributed by atoms with van der Waals surface area (Å²) < 4.78 is 1.55. The highest BCUT2D eigenvalue weighted by Crippen LogP contribution is 2.40. The number of nitrogens with one attached hydrogen (secondary N) is 2. The zero-order valence-electron chi connectivity index (χ0n) is 18.6. The van der Waals surface area contributed by atoms with Gasteiger partial charge in [0.2, 0.25) is 0 Å². The van der Waals surface area contributed by atoms with Crippen molar-refractivity contribution >= 4 is 23.2 Å². The fraction of sp³-hybridized carbons (Fsp3) is 0.435. The average Bonchev–Trinajstić information content (AvgIpc) is 3.35. The van der Waals surface area contributed by atoms with E-state index in [-0.39, 0.29) is 17.9 Å². The van der Waals surface area contributed by atoms with Crippen LogP contribution in [0.3, 0.4) is 0 Å². The Bertz CT molecular complexity index is 1070. The number of hydrogen-bond acceptors (Lipinski definition) is 7. The summed E-state index contributed by atoms with van der Waals surface area (Å²) in [6.07, 6.45) is 2.98. The second kappa shape index (κ2) is 10.2. The topological polar surface area (TPSA) is 141 Å². The van der Waals surface area contributed by atoms with Crippen molar-refractivity contribution in [2.45, 2.75) is 31.0 Å². The summed E-state index contributed by atoms with van der Waals surface area (Å²) in [5, 5.41) is 31.3. The van der Waals surface area contributed by atoms with E-state index in [9.17, 15) is 15.0 Å². The largest absolute Gasteiger partial charge is 0.390 e. The number of carbonyl (C=O) groups excluding carboxylic acids is 1. The molecule has 4 atom stereocenters. The van der Waals surface area contributed by atoms with Crippen LogP contribution in [-0.2, 0) is 0 Å². The van der Waals surface area contributed by atoms with Gasteiger partial charge in [-0.25, -0.2) is 9.78 Å². The van der Waals surface area contributed by atoms with Crippen LogP contribution in [0.4, 0.5) is 16.3 Å². The number of nitrogens with zero attached hydrogens (tertiary/aromatic N) is 4. The molecule has 176 valence electrons. The molecule has 33 heavy (non-hydrogen) atoms. The number of amides is 2. The van der Waals surface area contributed by atoms with Gasteiger partial charge in [-0.3, -0.25) is 0 Å². The molecule has 0 radical (unpaired) electrons. The second-order valence-electron chi connectivity index (χ2n) is 8.65. The number of rotatable bonds is 8. The number of aromatic nitrogens is 3. The number of benzene rings is 1. The normalized spacial score (nSPS) is 22.7. The molecule has 2 aromatic heterocycles. The van der Waals surface area contributed by atoms with Crippen molar-refractivity contribution in [2.75, 3.05) is 37.7 Å². The molecule has 10 nitrogen and oxygen atoms in total. The van der Waals surface area contributed by atoms with E-state index in [1.54, 1.807) is 23.0 Å². The van der Waals surface area contributed by atoms with Crippen LogP contribution >= 0.6 is 0 Å². The Balaban J connectivity index is 1.25. The van der Waals surface area contributed by atoms with E-state index in [2.05, 4.69) is 25.6 Å². The van der Waals surface area contributed by atoms with Crippen LogP contribution in [0.5, 0.6) is 0 Å². The molecule has 1 aromatic carbocycles. The molecule has 0 bridgehead atoms. The number of fused-ring (bicyclic) bond motifs is 1. The molecule has 2 amide bonds. The van der Waals surface area contributed by atoms with Crippen LogP contribution in [0.1, 0.15) is 24.3 Å². The first-order valence-corrected chi connectivity index (χ1v) is 11.2. The molecule has 0 unspecified atom stereocenters. The predicted molar refractivity (Wildman–Crippen MR) is 126 cm³/mol. The summed E-state index contributed by atoms with van der Waals surface area (Å²) in [6.45, 7) is 1.93. The Kier molecular flexibility index (Phi) is 7.07. The molecular formula is C23H31N7O3. The van der Waals surface area contributed by atoms with Crippen LogP contribution in [0.2, 0.25) is 0 Å². The van der Waals surface area contributed by atoms with Crippen LogP contribution in [-0.4, -0.2) is 74.6 Å². The number of hydrogen-bond donors (Lipinski definition) is 5. The number of nitrogen functional groups attached to an aromatic ring is 1. The Morgan fingerprint density at radius 1 is 1.24 bits per heavy atom. The lowest BCUT2D eigenvalue weighted by molar-refractivity contribution is 0.00865. The lowest BCUT2D eigenvalue weighted by Crippen LogP contribution is -2.36. The standard InChI is InChI=1S/C23H31N7O3/c1-29(11-5-9-26-23(33)28-16-6-3-2-4-7-16)14-15-12-17(21(32)20(15)31)18-13-27-30-19(24)8-10-25-22(18)30/h2-4,6-8,10,13,15,17,20-21,31-32H,5,9,11-12,14,24H2,1H3,(H2,26,28,33)/t15-,17+,20-,21+/m1/s1. The molecule has 0 spiro atoms. The molecule has 1 saturated carbocycles. The minimum Gasteiger partial charge on any atom is -0.390 e. The Morgan fingerprint density at radius 3 is 2.82 bits per heavy atom. The van der Waals surface area contributed by atoms with E-state index in [4.69, 9.17) is 5.73 Å². The highest BCUT2D eigenvalue weighted by molar-refractivity contribution is 5.89. The van der Waals surface area contributed by atoms with Gasteiger partial charge in [-0.05, 0) is 44.6 Å². The monoisotopic (exact) mass is 453 g/mol. The van der Waals surface area contributed by atoms with Gasteiger partial charge in [0.15, 0.2) is 5.65 Å². The second-order valence-corrected chi connectivity index (χ2v) is 8.65. The zero-order chi connectivity index (χ0) is 23.4. The van der Waals surface area contributed by atoms with Crippen molar-refractivity contribution in [3.05, 3.63) is 54.4 Å². The number of carbonyl (C=O) groups is 1. The van der Waals surface area contributed by atoms with Gasteiger partial charge in [-0.2, -0.15) is 9.61 Å². The zero-order valence-corrected chi connectivity index (χ0v) is 18.6. The molecule has 10 heteroatoms. The minimum absolute atomic E-state index is 0.0830. The average molecular weight is 454 g/mol. The van der Waals surface area contributed by atoms with Crippen molar-refractivity contribution in [1.29, 1.82) is 0 Å². The number of para-hydroxylation sites is 1. The van der Waals surface area contributed by atoms with Gasteiger partial charge in [-0.15, -0.1) is 0 Å². The molecule has 4 rings (SSSR count). The maximum Gasteiger partial charge on any atom is 0.319 e. The van der Waals surface area contributed by atoms with E-state index in [0.717, 1.165) is 24.2 Å². The van der Waals surface area contributed by atoms with Crippen LogP contribution in [0.15, 0.2) is 48.8 Å². The summed E-state index contributed by atoms with van der Waals surface area (Å²) in [4.78, 5) is 18.4. The number of nitrogens with two attached hydrogens (primary N) is 1. The molecule has 6 N–H and O–H groups in total. The van der Waals surface area contributed by atoms with Gasteiger partial charge in [0, 0.05) is 42.4 Å². The molecule has 2 heterocycles. The van der Waals surface area contributed by atoms with E-state index >= 15 is 0 Å². The number of anilines is 2. The van der Waals surface area contributed by atoms with Crippen LogP contribution in [0, 0.1) is 5.92 Å². The van der Waals surface area contributed by atoms with Gasteiger partial charge >= 0.3 is 6.03 Å². The third-order valence-electron chi connectivity index (χ3n) is 6.24. The van der Waals surface area contributed by atoms with Gasteiger partial charge in [-0.1, -0.05) is 18.2 Å². The Hall–Kier alpha value is -3.21. The van der Waals surface area contributed by atoms with E-state index in [1.165, 1.54) is 0 Å². The SMILES string of the molecule is CN(CCCNC(=O)Nc1ccccc1)C[C@H]1C[C@@H](c2cnn3c(N)ccnc23)[C@H](O)[C@@H]1O. The molecule has 0 saturated heterocycles. The van der Waals surface area contributed by atoms with Gasteiger partial charge in [0.1, 0.15) is 5.82 Å². The predicted octanol–water partition coefficient (Wildman–Crippen LogP) is 1.28. The smallest absolute Gasteiger partial charge is 0.319 e. The van der Waals surface area contributed by atoms with Crippen molar-refractivity contribution in [2.24, 2.45) is 5.92 Å². The fourth-order valence-corrected chi connectivity index (χ4v) is 4.54. The van der Waals surface area contributed by atoms with Crippen molar-refractivity contribution < 1.29 is 15.0 Å². The third-order valence-corrected chi connectivity index (χ3v) is 6.24. The first-order valence-electron chi connectivity index (χ1n) is 11.2. The minimum atomic E-state index is -0.886. The molecule has 1 aliphatic carbocycles. The van der Waals surface area contributed by atoms with Crippen molar-refractivity contribution in [1.82, 2.24) is 24.8 Å². The van der Waals surface area contributed by atoms with Crippen LogP contribution in [0.25, 0.3) is 5.65 Å². The Morgan fingerprint density at radius 2 is 2.03 bits per heavy atom. The highest BCUT2D eigenvalue weighted by Gasteiger charge is 2.43. The van der Waals surface area contributed by atoms with E-state index in [0.29, 0.717) is 31.0 Å². The summed E-state index contributed by atoms with van der Waals surface area (Å²) in [6, 6.07) is 10.7.